The minimum atomic E-state index is -0.797. The van der Waals surface area contributed by atoms with Crippen LogP contribution in [0.3, 0.4) is 0 Å². The zero-order chi connectivity index (χ0) is 35.1. The van der Waals surface area contributed by atoms with Crippen LogP contribution in [0, 0.1) is 6.92 Å². The van der Waals surface area contributed by atoms with Gasteiger partial charge in [0, 0.05) is 41.6 Å². The minimum absolute atomic E-state index is 0.0421. The molecule has 0 spiro atoms. The number of carbonyl (C=O) groups is 4. The van der Waals surface area contributed by atoms with E-state index in [1.54, 1.807) is 48.0 Å². The highest BCUT2D eigenvalue weighted by Gasteiger charge is 2.37. The highest BCUT2D eigenvalue weighted by Crippen LogP contribution is 2.38. The first-order valence-electron chi connectivity index (χ1n) is 16.0. The monoisotopic (exact) mass is 689 g/mol. The number of para-hydroxylation sites is 1. The Morgan fingerprint density at radius 3 is 2.44 bits per heavy atom. The number of hydrogen-bond acceptors (Lipinski definition) is 7. The summed E-state index contributed by atoms with van der Waals surface area (Å²) in [6.07, 6.45) is 3.13. The summed E-state index contributed by atoms with van der Waals surface area (Å²) in [7, 11) is 0. The Balaban J connectivity index is 1.15. The van der Waals surface area contributed by atoms with Crippen LogP contribution in [0.4, 0.5) is 11.4 Å². The molecule has 3 heterocycles. The highest BCUT2D eigenvalue weighted by molar-refractivity contribution is 6.37. The molecule has 7 rings (SSSR count). The van der Waals surface area contributed by atoms with Crippen molar-refractivity contribution in [2.45, 2.75) is 45.7 Å². The summed E-state index contributed by atoms with van der Waals surface area (Å²) in [6.45, 7) is 3.39. The number of rotatable bonds is 8. The van der Waals surface area contributed by atoms with E-state index in [1.165, 1.54) is 19.1 Å². The summed E-state index contributed by atoms with van der Waals surface area (Å²) in [5.74, 6) is -1.86. The molecular formula is C39H32ClN3O7. The van der Waals surface area contributed by atoms with Crippen molar-refractivity contribution < 1.29 is 33.8 Å². The predicted octanol–water partition coefficient (Wildman–Crippen LogP) is 7.13. The summed E-state index contributed by atoms with van der Waals surface area (Å²) >= 11 is 6.08. The van der Waals surface area contributed by atoms with Crippen LogP contribution in [0.5, 0.6) is 0 Å². The van der Waals surface area contributed by atoms with E-state index in [2.05, 4.69) is 5.32 Å². The van der Waals surface area contributed by atoms with E-state index in [4.69, 9.17) is 21.1 Å². The van der Waals surface area contributed by atoms with E-state index in [1.807, 2.05) is 48.5 Å². The third kappa shape index (κ3) is 6.20. The molecule has 10 nitrogen and oxygen atoms in total. The fraction of sp³-hybridized carbons (Fsp3) is 0.179. The molecule has 0 bridgehead atoms. The zero-order valence-corrected chi connectivity index (χ0v) is 27.9. The van der Waals surface area contributed by atoms with Crippen molar-refractivity contribution in [3.8, 4) is 0 Å². The molecule has 11 heteroatoms. The van der Waals surface area contributed by atoms with Crippen molar-refractivity contribution in [2.75, 3.05) is 10.2 Å². The first-order chi connectivity index (χ1) is 24.1. The van der Waals surface area contributed by atoms with Crippen LogP contribution in [0.1, 0.15) is 67.0 Å². The molecule has 0 saturated carbocycles. The van der Waals surface area contributed by atoms with Gasteiger partial charge in [-0.05, 0) is 77.7 Å². The third-order valence-corrected chi connectivity index (χ3v) is 9.18. The molecule has 0 radical (unpaired) electrons. The van der Waals surface area contributed by atoms with Crippen LogP contribution < -0.4 is 10.2 Å². The summed E-state index contributed by atoms with van der Waals surface area (Å²) in [4.78, 5) is 53.7. The van der Waals surface area contributed by atoms with Gasteiger partial charge in [-0.25, -0.2) is 4.90 Å². The van der Waals surface area contributed by atoms with E-state index in [0.29, 0.717) is 28.4 Å². The Hall–Kier alpha value is -5.55. The van der Waals surface area contributed by atoms with E-state index < -0.39 is 24.0 Å². The number of aryl methyl sites for hydroxylation is 1. The van der Waals surface area contributed by atoms with Gasteiger partial charge in [0.15, 0.2) is 5.76 Å². The Bertz CT molecular complexity index is 2220. The largest absolute Gasteiger partial charge is 0.459 e. The maximum Gasteiger partial charge on any atom is 0.290 e. The van der Waals surface area contributed by atoms with Crippen molar-refractivity contribution in [3.63, 3.8) is 0 Å². The standard InChI is InChI=1S/C39H32ClN3O7/c1-22-15-28(12-14-33(22)43-38(47)30-13-11-27(40)18-31(30)39(43)48)41-37(46)35-16-26(32-19-42(23(2)45)34-6-4-3-5-29(32)34)17-36(50-35)49-21-25-9-7-24(20-44)8-10-25/h3-16,18-19,26,36,44H,17,20-21H2,1-2H3,(H,41,46). The van der Waals surface area contributed by atoms with Gasteiger partial charge in [0.05, 0.1) is 35.5 Å². The maximum absolute atomic E-state index is 13.8. The second kappa shape index (κ2) is 13.4. The van der Waals surface area contributed by atoms with Crippen LogP contribution in [0.25, 0.3) is 10.9 Å². The van der Waals surface area contributed by atoms with Crippen LogP contribution in [0.2, 0.25) is 5.02 Å². The topological polar surface area (TPSA) is 127 Å². The number of fused-ring (bicyclic) bond motifs is 2. The number of allylic oxidation sites excluding steroid dienone is 1. The highest BCUT2D eigenvalue weighted by atomic mass is 35.5. The van der Waals surface area contributed by atoms with Crippen LogP contribution in [-0.2, 0) is 27.5 Å². The molecule has 252 valence electrons. The predicted molar refractivity (Wildman–Crippen MR) is 188 cm³/mol. The fourth-order valence-corrected chi connectivity index (χ4v) is 6.61. The first-order valence-corrected chi connectivity index (χ1v) is 16.4. The lowest BCUT2D eigenvalue weighted by Crippen LogP contribution is -2.30. The summed E-state index contributed by atoms with van der Waals surface area (Å²) in [6, 6.07) is 24.4. The lowest BCUT2D eigenvalue weighted by Gasteiger charge is -2.29. The first kappa shape index (κ1) is 33.0. The number of aliphatic hydroxyl groups excluding tert-OH is 1. The van der Waals surface area contributed by atoms with Gasteiger partial charge in [-0.3, -0.25) is 23.7 Å². The number of aromatic nitrogens is 1. The Kier molecular flexibility index (Phi) is 8.83. The molecule has 0 fully saturated rings. The number of carbonyl (C=O) groups excluding carboxylic acids is 4. The summed E-state index contributed by atoms with van der Waals surface area (Å²) in [5, 5.41) is 13.5. The molecular weight excluding hydrogens is 658 g/mol. The van der Waals surface area contributed by atoms with E-state index >= 15 is 0 Å². The quantitative estimate of drug-likeness (QED) is 0.166. The summed E-state index contributed by atoms with van der Waals surface area (Å²) in [5.41, 5.74) is 5.18. The number of anilines is 2. The Morgan fingerprint density at radius 2 is 1.70 bits per heavy atom. The van der Waals surface area contributed by atoms with Gasteiger partial charge in [-0.15, -0.1) is 0 Å². The number of amides is 3. The van der Waals surface area contributed by atoms with Gasteiger partial charge in [-0.2, -0.15) is 0 Å². The minimum Gasteiger partial charge on any atom is -0.459 e. The molecule has 5 aromatic rings. The second-order valence-corrected chi connectivity index (χ2v) is 12.7. The molecule has 1 aromatic heterocycles. The van der Waals surface area contributed by atoms with Crippen LogP contribution >= 0.6 is 11.6 Å². The van der Waals surface area contributed by atoms with Gasteiger partial charge in [-0.1, -0.05) is 54.1 Å². The number of hydrogen-bond donors (Lipinski definition) is 2. The SMILES string of the molecule is CC(=O)n1cc(C2C=C(C(=O)Nc3ccc(N4C(=O)c5ccc(Cl)cc5C4=O)c(C)c3)OC(OCc3ccc(CO)cc3)C2)c2ccccc21. The molecule has 0 saturated heterocycles. The van der Waals surface area contributed by atoms with Gasteiger partial charge in [0.2, 0.25) is 12.2 Å². The average Bonchev–Trinajstić information content (AvgIpc) is 3.62. The number of halogens is 1. The van der Waals surface area contributed by atoms with Crippen molar-refractivity contribution in [1.29, 1.82) is 0 Å². The number of benzene rings is 4. The lowest BCUT2D eigenvalue weighted by atomic mass is 9.92. The van der Waals surface area contributed by atoms with Gasteiger partial charge in [0.25, 0.3) is 17.7 Å². The molecule has 2 N–H and O–H groups in total. The lowest BCUT2D eigenvalue weighted by molar-refractivity contribution is -0.147. The van der Waals surface area contributed by atoms with Gasteiger partial charge in [0.1, 0.15) is 0 Å². The molecule has 2 unspecified atom stereocenters. The zero-order valence-electron chi connectivity index (χ0n) is 27.2. The van der Waals surface area contributed by atoms with Crippen molar-refractivity contribution in [3.05, 3.63) is 141 Å². The fourth-order valence-electron chi connectivity index (χ4n) is 6.44. The molecule has 2 aliphatic rings. The molecule has 2 aliphatic heterocycles. The van der Waals surface area contributed by atoms with Crippen molar-refractivity contribution in [1.82, 2.24) is 4.57 Å². The molecule has 4 aromatic carbocycles. The smallest absolute Gasteiger partial charge is 0.290 e. The molecule has 50 heavy (non-hydrogen) atoms. The van der Waals surface area contributed by atoms with Crippen LogP contribution in [-0.4, -0.2) is 39.6 Å². The van der Waals surface area contributed by atoms with E-state index in [0.717, 1.165) is 32.5 Å². The average molecular weight is 690 g/mol. The number of nitrogens with zero attached hydrogens (tertiary/aromatic N) is 2. The van der Waals surface area contributed by atoms with Crippen molar-refractivity contribution in [2.24, 2.45) is 0 Å². The van der Waals surface area contributed by atoms with Crippen LogP contribution in [0.15, 0.2) is 103 Å². The Morgan fingerprint density at radius 1 is 0.960 bits per heavy atom. The maximum atomic E-state index is 13.8. The molecule has 0 aliphatic carbocycles. The van der Waals surface area contributed by atoms with Crippen molar-refractivity contribution >= 4 is 57.5 Å². The van der Waals surface area contributed by atoms with Gasteiger partial charge < -0.3 is 19.9 Å². The number of imide groups is 1. The molecule has 3 amide bonds. The second-order valence-electron chi connectivity index (χ2n) is 12.3. The number of aliphatic hydroxyl groups is 1. The van der Waals surface area contributed by atoms with Gasteiger partial charge >= 0.3 is 0 Å². The van der Waals surface area contributed by atoms with E-state index in [9.17, 15) is 24.3 Å². The van der Waals surface area contributed by atoms with E-state index in [-0.39, 0.29) is 41.9 Å². The number of nitrogens with one attached hydrogen (secondary N) is 1. The normalized spacial score (nSPS) is 17.0. The summed E-state index contributed by atoms with van der Waals surface area (Å²) < 4.78 is 13.9. The number of ether oxygens (including phenoxy) is 2. The molecule has 2 atom stereocenters. The third-order valence-electron chi connectivity index (χ3n) is 8.95. The Labute approximate surface area is 292 Å².